The quantitative estimate of drug-likeness (QED) is 0.348. The van der Waals surface area contributed by atoms with Crippen LogP contribution in [0.2, 0.25) is 0 Å². The molecule has 0 fully saturated rings. The van der Waals surface area contributed by atoms with E-state index >= 15 is 0 Å². The summed E-state index contributed by atoms with van der Waals surface area (Å²) in [6.45, 7) is 0. The highest BCUT2D eigenvalue weighted by Gasteiger charge is 2.03. The van der Waals surface area contributed by atoms with Gasteiger partial charge in [-0.3, -0.25) is 0 Å². The molecule has 0 aliphatic carbocycles. The summed E-state index contributed by atoms with van der Waals surface area (Å²) in [4.78, 5) is 0. The molecule has 0 aliphatic heterocycles. The summed E-state index contributed by atoms with van der Waals surface area (Å²) >= 11 is 0. The van der Waals surface area contributed by atoms with Crippen molar-refractivity contribution in [2.45, 2.75) is 0 Å². The summed E-state index contributed by atoms with van der Waals surface area (Å²) in [5.41, 5.74) is 24.3. The molecule has 0 saturated heterocycles. The van der Waals surface area contributed by atoms with Crippen molar-refractivity contribution in [3.63, 3.8) is 0 Å². The predicted molar refractivity (Wildman–Crippen MR) is 107 cm³/mol. The lowest BCUT2D eigenvalue weighted by Crippen LogP contribution is -2.22. The Hall–Kier alpha value is -3.94. The van der Waals surface area contributed by atoms with Gasteiger partial charge in [-0.25, -0.2) is 0 Å². The van der Waals surface area contributed by atoms with Crippen LogP contribution in [0, 0.1) is 0 Å². The molecule has 0 saturated carbocycles. The van der Waals surface area contributed by atoms with Gasteiger partial charge in [0.15, 0.2) is 0 Å². The van der Waals surface area contributed by atoms with E-state index in [0.29, 0.717) is 11.4 Å². The molecule has 2 aromatic carbocycles. The third kappa shape index (κ3) is 5.93. The normalized spacial score (nSPS) is 12.0. The van der Waals surface area contributed by atoms with E-state index in [2.05, 4.69) is 20.4 Å². The molecule has 0 atom stereocenters. The van der Waals surface area contributed by atoms with E-state index in [-0.39, 0.29) is 11.9 Å². The molecule has 26 heavy (non-hydrogen) atoms. The lowest BCUT2D eigenvalue weighted by Gasteiger charge is -2.02. The molecule has 0 spiro atoms. The second-order valence-electron chi connectivity index (χ2n) is 5.09. The lowest BCUT2D eigenvalue weighted by molar-refractivity contribution is 1.20. The van der Waals surface area contributed by atoms with Gasteiger partial charge in [-0.05, 0) is 12.2 Å². The third-order valence-electron chi connectivity index (χ3n) is 3.08. The van der Waals surface area contributed by atoms with Crippen LogP contribution in [-0.4, -0.2) is 23.3 Å². The van der Waals surface area contributed by atoms with Gasteiger partial charge >= 0.3 is 0 Å². The number of guanidine groups is 2. The summed E-state index contributed by atoms with van der Waals surface area (Å²) in [5.74, 6) is -0.270. The highest BCUT2D eigenvalue weighted by atomic mass is 15.3. The second-order valence-corrected chi connectivity index (χ2v) is 5.09. The maximum Gasteiger partial charge on any atom is 0.211 e. The fourth-order valence-electron chi connectivity index (χ4n) is 1.97. The molecule has 8 nitrogen and oxygen atoms in total. The van der Waals surface area contributed by atoms with Crippen molar-refractivity contribution in [1.29, 1.82) is 0 Å². The average molecular weight is 348 g/mol. The van der Waals surface area contributed by atoms with Gasteiger partial charge in [-0.15, -0.1) is 20.4 Å². The fourth-order valence-corrected chi connectivity index (χ4v) is 1.97. The van der Waals surface area contributed by atoms with Crippen LogP contribution in [0.25, 0.3) is 0 Å². The fraction of sp³-hybridized carbons (Fsp3) is 0. The molecule has 132 valence electrons. The largest absolute Gasteiger partial charge is 0.369 e. The molecule has 0 heterocycles. The zero-order valence-corrected chi connectivity index (χ0v) is 14.0. The van der Waals surface area contributed by atoms with Gasteiger partial charge in [0.25, 0.3) is 0 Å². The van der Waals surface area contributed by atoms with E-state index in [0.717, 1.165) is 11.1 Å². The zero-order valence-electron chi connectivity index (χ0n) is 14.0. The van der Waals surface area contributed by atoms with Gasteiger partial charge in [0.05, 0.1) is 11.4 Å². The average Bonchev–Trinajstić information content (AvgIpc) is 2.65. The lowest BCUT2D eigenvalue weighted by atomic mass is 10.1. The monoisotopic (exact) mass is 348 g/mol. The minimum Gasteiger partial charge on any atom is -0.369 e. The van der Waals surface area contributed by atoms with Gasteiger partial charge < -0.3 is 22.9 Å². The topological polar surface area (TPSA) is 154 Å². The maximum atomic E-state index is 5.37. The van der Waals surface area contributed by atoms with Crippen molar-refractivity contribution in [3.8, 4) is 0 Å². The Morgan fingerprint density at radius 1 is 0.538 bits per heavy atom. The van der Waals surface area contributed by atoms with Gasteiger partial charge in [0, 0.05) is 11.1 Å². The zero-order chi connectivity index (χ0) is 18.8. The number of rotatable bonds is 6. The number of hydrogen-bond donors (Lipinski definition) is 4. The smallest absolute Gasteiger partial charge is 0.211 e. The number of benzene rings is 2. The number of allylic oxidation sites excluding steroid dienone is 2. The molecule has 0 radical (unpaired) electrons. The van der Waals surface area contributed by atoms with Crippen LogP contribution in [0.5, 0.6) is 0 Å². The number of nitrogens with zero attached hydrogens (tertiary/aromatic N) is 4. The van der Waals surface area contributed by atoms with Crippen LogP contribution in [0.4, 0.5) is 0 Å². The van der Waals surface area contributed by atoms with Gasteiger partial charge in [-0.1, -0.05) is 60.7 Å². The van der Waals surface area contributed by atoms with Gasteiger partial charge in [0.2, 0.25) is 11.9 Å². The standard InChI is InChI=1S/C18H20N8/c19-17(20)25-23-15(13-7-3-1-4-8-13)11-12-16(24-26-18(21)22)14-9-5-2-6-10-14/h1-12H,(H4,19,20,25)(H4,21,22,26)/b12-11+,23-15-,24-16+. The third-order valence-corrected chi connectivity index (χ3v) is 3.08. The summed E-state index contributed by atoms with van der Waals surface area (Å²) in [5, 5.41) is 15.6. The molecule has 8 N–H and O–H groups in total. The van der Waals surface area contributed by atoms with Crippen LogP contribution in [0.1, 0.15) is 11.1 Å². The highest BCUT2D eigenvalue weighted by Crippen LogP contribution is 2.07. The first-order valence-electron chi connectivity index (χ1n) is 7.68. The second kappa shape index (κ2) is 9.38. The van der Waals surface area contributed by atoms with Crippen molar-refractivity contribution in [2.75, 3.05) is 0 Å². The van der Waals surface area contributed by atoms with Crippen molar-refractivity contribution in [1.82, 2.24) is 0 Å². The minimum atomic E-state index is -0.135. The Labute approximate surface area is 151 Å². The summed E-state index contributed by atoms with van der Waals surface area (Å²) in [6.07, 6.45) is 3.46. The highest BCUT2D eigenvalue weighted by molar-refractivity contribution is 6.16. The van der Waals surface area contributed by atoms with Crippen molar-refractivity contribution in [2.24, 2.45) is 43.3 Å². The Morgan fingerprint density at radius 3 is 1.19 bits per heavy atom. The summed E-state index contributed by atoms with van der Waals surface area (Å²) < 4.78 is 0. The van der Waals surface area contributed by atoms with Crippen molar-refractivity contribution in [3.05, 3.63) is 83.9 Å². The number of nitrogens with two attached hydrogens (primary N) is 4. The predicted octanol–water partition coefficient (Wildman–Crippen LogP) is 0.898. The van der Waals surface area contributed by atoms with E-state index < -0.39 is 0 Å². The molecular formula is C18H20N8. The van der Waals surface area contributed by atoms with Crippen LogP contribution in [-0.2, 0) is 0 Å². The van der Waals surface area contributed by atoms with Crippen molar-refractivity contribution < 1.29 is 0 Å². The van der Waals surface area contributed by atoms with Gasteiger partial charge in [0.1, 0.15) is 0 Å². The van der Waals surface area contributed by atoms with E-state index in [1.807, 2.05) is 60.7 Å². The Kier molecular flexibility index (Phi) is 6.64. The molecule has 0 bridgehead atoms. The molecule has 8 heteroatoms. The molecule has 2 rings (SSSR count). The van der Waals surface area contributed by atoms with Crippen LogP contribution < -0.4 is 22.9 Å². The van der Waals surface area contributed by atoms with Gasteiger partial charge in [-0.2, -0.15) is 0 Å². The molecule has 0 unspecified atom stereocenters. The minimum absolute atomic E-state index is 0.135. The molecular weight excluding hydrogens is 328 g/mol. The van der Waals surface area contributed by atoms with E-state index in [1.165, 1.54) is 0 Å². The first-order valence-corrected chi connectivity index (χ1v) is 7.68. The first-order chi connectivity index (χ1) is 12.6. The van der Waals surface area contributed by atoms with Crippen LogP contribution in [0.3, 0.4) is 0 Å². The molecule has 2 aromatic rings. The number of hydrogen-bond acceptors (Lipinski definition) is 4. The summed E-state index contributed by atoms with van der Waals surface area (Å²) in [6, 6.07) is 18.9. The van der Waals surface area contributed by atoms with E-state index in [4.69, 9.17) is 22.9 Å². The van der Waals surface area contributed by atoms with Crippen molar-refractivity contribution >= 4 is 23.3 Å². The Balaban J connectivity index is 2.44. The van der Waals surface area contributed by atoms with E-state index in [1.54, 1.807) is 12.2 Å². The van der Waals surface area contributed by atoms with Crippen LogP contribution >= 0.6 is 0 Å². The summed E-state index contributed by atoms with van der Waals surface area (Å²) in [7, 11) is 0. The maximum absolute atomic E-state index is 5.37. The molecule has 0 amide bonds. The first kappa shape index (κ1) is 18.4. The SMILES string of the molecule is NC(N)=N/N=C(/C=C/C(=N\N=C(N)N)c1ccccc1)c1ccccc1. The Bertz CT molecular complexity index is 783. The molecule has 0 aliphatic rings. The van der Waals surface area contributed by atoms with Crippen LogP contribution in [0.15, 0.2) is 93.2 Å². The Morgan fingerprint density at radius 2 is 0.885 bits per heavy atom. The molecule has 0 aromatic heterocycles. The van der Waals surface area contributed by atoms with E-state index in [9.17, 15) is 0 Å².